The molecule has 0 aromatic heterocycles. The van der Waals surface area contributed by atoms with E-state index in [0.717, 1.165) is 16.7 Å². The SMILES string of the molecule is C=C(C)C(=O)OC=COc1ccc(-c2ccc(OC=COC(=O)C(=C)C)cc2C)cc1. The Morgan fingerprint density at radius 1 is 0.742 bits per heavy atom. The van der Waals surface area contributed by atoms with Crippen LogP contribution >= 0.6 is 0 Å². The largest absolute Gasteiger partial charge is 0.462 e. The normalized spacial score (nSPS) is 10.7. The van der Waals surface area contributed by atoms with Gasteiger partial charge in [-0.2, -0.15) is 0 Å². The molecule has 0 amide bonds. The van der Waals surface area contributed by atoms with Crippen molar-refractivity contribution in [2.24, 2.45) is 0 Å². The van der Waals surface area contributed by atoms with Gasteiger partial charge in [0.25, 0.3) is 0 Å². The molecule has 6 nitrogen and oxygen atoms in total. The van der Waals surface area contributed by atoms with Gasteiger partial charge in [0.15, 0.2) is 0 Å². The molecular weight excluding hydrogens is 396 g/mol. The number of carbonyl (C=O) groups excluding carboxylic acids is 2. The number of benzene rings is 2. The molecule has 0 radical (unpaired) electrons. The smallest absolute Gasteiger partial charge is 0.338 e. The quantitative estimate of drug-likeness (QED) is 0.299. The summed E-state index contributed by atoms with van der Waals surface area (Å²) in [5, 5.41) is 0. The molecule has 0 aliphatic heterocycles. The van der Waals surface area contributed by atoms with E-state index in [9.17, 15) is 9.59 Å². The molecule has 0 saturated heterocycles. The summed E-state index contributed by atoms with van der Waals surface area (Å²) >= 11 is 0. The molecule has 0 atom stereocenters. The number of hydrogen-bond donors (Lipinski definition) is 0. The Kier molecular flexibility index (Phi) is 8.40. The van der Waals surface area contributed by atoms with Crippen LogP contribution in [0.5, 0.6) is 11.5 Å². The minimum atomic E-state index is -0.513. The third-order valence-corrected chi connectivity index (χ3v) is 3.93. The minimum Gasteiger partial charge on any atom is -0.462 e. The summed E-state index contributed by atoms with van der Waals surface area (Å²) in [5.74, 6) is 0.181. The molecule has 2 rings (SSSR count). The highest BCUT2D eigenvalue weighted by molar-refractivity contribution is 5.87. The van der Waals surface area contributed by atoms with Crippen molar-refractivity contribution in [2.75, 3.05) is 0 Å². The number of carbonyl (C=O) groups is 2. The van der Waals surface area contributed by atoms with E-state index >= 15 is 0 Å². The molecule has 0 N–H and O–H groups in total. The Bertz CT molecular complexity index is 1030. The van der Waals surface area contributed by atoms with E-state index in [1.807, 2.05) is 49.4 Å². The lowest BCUT2D eigenvalue weighted by Crippen LogP contribution is -1.99. The van der Waals surface area contributed by atoms with E-state index in [-0.39, 0.29) is 0 Å². The molecule has 0 fully saturated rings. The van der Waals surface area contributed by atoms with E-state index in [4.69, 9.17) is 18.9 Å². The first-order chi connectivity index (χ1) is 14.8. The molecule has 0 heterocycles. The van der Waals surface area contributed by atoms with Crippen molar-refractivity contribution in [3.8, 4) is 22.6 Å². The maximum absolute atomic E-state index is 11.3. The van der Waals surface area contributed by atoms with Gasteiger partial charge in [0.1, 0.15) is 36.5 Å². The summed E-state index contributed by atoms with van der Waals surface area (Å²) in [6, 6.07) is 13.1. The van der Waals surface area contributed by atoms with Crippen LogP contribution < -0.4 is 9.47 Å². The number of aryl methyl sites for hydroxylation is 1. The summed E-state index contributed by atoms with van der Waals surface area (Å²) in [6.45, 7) is 12.1. The van der Waals surface area contributed by atoms with Crippen molar-refractivity contribution in [1.82, 2.24) is 0 Å². The predicted octanol–water partition coefficient (Wildman–Crippen LogP) is 5.60. The number of esters is 2. The fourth-order valence-corrected chi connectivity index (χ4v) is 2.34. The molecule has 160 valence electrons. The van der Waals surface area contributed by atoms with Gasteiger partial charge < -0.3 is 18.9 Å². The second-order valence-electron chi connectivity index (χ2n) is 6.65. The second kappa shape index (κ2) is 11.2. The lowest BCUT2D eigenvalue weighted by Gasteiger charge is -2.09. The van der Waals surface area contributed by atoms with Gasteiger partial charge in [-0.15, -0.1) is 0 Å². The molecule has 0 saturated carbocycles. The molecule has 0 bridgehead atoms. The van der Waals surface area contributed by atoms with Crippen LogP contribution in [-0.2, 0) is 19.1 Å². The first-order valence-corrected chi connectivity index (χ1v) is 9.35. The van der Waals surface area contributed by atoms with Crippen molar-refractivity contribution in [2.45, 2.75) is 20.8 Å². The molecule has 2 aromatic rings. The number of hydrogen-bond acceptors (Lipinski definition) is 6. The predicted molar refractivity (Wildman–Crippen MR) is 118 cm³/mol. The van der Waals surface area contributed by atoms with Gasteiger partial charge in [-0.05, 0) is 61.7 Å². The lowest BCUT2D eigenvalue weighted by molar-refractivity contribution is -0.134. The van der Waals surface area contributed by atoms with Crippen molar-refractivity contribution in [3.63, 3.8) is 0 Å². The maximum Gasteiger partial charge on any atom is 0.338 e. The average molecular weight is 420 g/mol. The Hall–Kier alpha value is -4.06. The molecular formula is C25H24O6. The second-order valence-corrected chi connectivity index (χ2v) is 6.65. The Morgan fingerprint density at radius 2 is 1.23 bits per heavy atom. The van der Waals surface area contributed by atoms with E-state index in [1.54, 1.807) is 13.8 Å². The molecule has 6 heteroatoms. The van der Waals surface area contributed by atoms with Gasteiger partial charge in [0, 0.05) is 11.1 Å². The zero-order valence-electron chi connectivity index (χ0n) is 17.7. The van der Waals surface area contributed by atoms with Crippen LogP contribution in [-0.4, -0.2) is 11.9 Å². The zero-order valence-corrected chi connectivity index (χ0v) is 17.7. The minimum absolute atomic E-state index is 0.308. The maximum atomic E-state index is 11.3. The van der Waals surface area contributed by atoms with Crippen LogP contribution in [0.1, 0.15) is 19.4 Å². The summed E-state index contributed by atoms with van der Waals surface area (Å²) < 4.78 is 20.5. The van der Waals surface area contributed by atoms with Gasteiger partial charge in [0.05, 0.1) is 0 Å². The van der Waals surface area contributed by atoms with Gasteiger partial charge in [-0.1, -0.05) is 31.4 Å². The molecule has 0 spiro atoms. The fraction of sp³-hybridized carbons (Fsp3) is 0.120. The highest BCUT2D eigenvalue weighted by Crippen LogP contribution is 2.28. The highest BCUT2D eigenvalue weighted by Gasteiger charge is 2.05. The average Bonchev–Trinajstić information content (AvgIpc) is 2.74. The van der Waals surface area contributed by atoms with Crippen LogP contribution in [0.15, 0.2) is 91.8 Å². The van der Waals surface area contributed by atoms with Gasteiger partial charge in [-0.25, -0.2) is 9.59 Å². The van der Waals surface area contributed by atoms with Crippen molar-refractivity contribution < 1.29 is 28.5 Å². The van der Waals surface area contributed by atoms with E-state index in [2.05, 4.69) is 13.2 Å². The first kappa shape index (κ1) is 23.2. The third kappa shape index (κ3) is 7.36. The van der Waals surface area contributed by atoms with Crippen LogP contribution in [0.3, 0.4) is 0 Å². The molecule has 0 aliphatic rings. The van der Waals surface area contributed by atoms with Crippen molar-refractivity contribution in [1.29, 1.82) is 0 Å². The molecule has 2 aromatic carbocycles. The van der Waals surface area contributed by atoms with Gasteiger partial charge >= 0.3 is 11.9 Å². The topological polar surface area (TPSA) is 71.1 Å². The number of rotatable bonds is 9. The Balaban J connectivity index is 1.95. The molecule has 0 aliphatic carbocycles. The van der Waals surface area contributed by atoms with Crippen molar-refractivity contribution >= 4 is 11.9 Å². The van der Waals surface area contributed by atoms with Crippen molar-refractivity contribution in [3.05, 3.63) is 97.4 Å². The highest BCUT2D eigenvalue weighted by atomic mass is 16.5. The fourth-order valence-electron chi connectivity index (χ4n) is 2.34. The van der Waals surface area contributed by atoms with Crippen LogP contribution in [0.25, 0.3) is 11.1 Å². The summed E-state index contributed by atoms with van der Waals surface area (Å²) in [7, 11) is 0. The van der Waals surface area contributed by atoms with Gasteiger partial charge in [0.2, 0.25) is 0 Å². The number of ether oxygens (including phenoxy) is 4. The monoisotopic (exact) mass is 420 g/mol. The lowest BCUT2D eigenvalue weighted by atomic mass is 10.0. The third-order valence-electron chi connectivity index (χ3n) is 3.93. The van der Waals surface area contributed by atoms with Crippen LogP contribution in [0, 0.1) is 6.92 Å². The molecule has 0 unspecified atom stereocenters. The summed E-state index contributed by atoms with van der Waals surface area (Å²) in [6.07, 6.45) is 4.92. The zero-order chi connectivity index (χ0) is 22.8. The van der Waals surface area contributed by atoms with E-state index in [1.165, 1.54) is 25.0 Å². The first-order valence-electron chi connectivity index (χ1n) is 9.35. The Labute approximate surface area is 181 Å². The standard InChI is InChI=1S/C25H24O6/c1-17(2)24(26)30-14-12-28-21-8-6-20(7-9-21)23-11-10-22(16-19(23)5)29-13-15-31-25(27)18(3)4/h6-16H,1,3H2,2,4-5H3. The van der Waals surface area contributed by atoms with E-state index in [0.29, 0.717) is 22.6 Å². The van der Waals surface area contributed by atoms with Crippen LogP contribution in [0.4, 0.5) is 0 Å². The molecule has 31 heavy (non-hydrogen) atoms. The van der Waals surface area contributed by atoms with Crippen LogP contribution in [0.2, 0.25) is 0 Å². The van der Waals surface area contributed by atoms with E-state index < -0.39 is 11.9 Å². The van der Waals surface area contributed by atoms with Gasteiger partial charge in [-0.3, -0.25) is 0 Å². The Morgan fingerprint density at radius 3 is 1.71 bits per heavy atom. The summed E-state index contributed by atoms with van der Waals surface area (Å²) in [5.41, 5.74) is 3.65. The summed E-state index contributed by atoms with van der Waals surface area (Å²) in [4.78, 5) is 22.6.